The predicted molar refractivity (Wildman–Crippen MR) is 81.6 cm³/mol. The number of nitrogens with zero attached hydrogens (tertiary/aromatic N) is 4. The first-order valence-corrected chi connectivity index (χ1v) is 8.18. The highest BCUT2D eigenvalue weighted by Gasteiger charge is 2.46. The lowest BCUT2D eigenvalue weighted by Gasteiger charge is -2.33. The molecule has 4 heterocycles. The molecule has 1 aromatic rings. The number of hydrogen-bond donors (Lipinski definition) is 0. The molecule has 1 amide bonds. The van der Waals surface area contributed by atoms with Crippen molar-refractivity contribution in [3.63, 3.8) is 0 Å². The molecule has 3 atom stereocenters. The molecule has 0 saturated carbocycles. The van der Waals surface area contributed by atoms with Crippen molar-refractivity contribution < 1.29 is 9.53 Å². The van der Waals surface area contributed by atoms with Gasteiger partial charge in [-0.25, -0.2) is 9.97 Å². The third-order valence-electron chi connectivity index (χ3n) is 4.94. The molecular formula is C16H22N4O2. The van der Waals surface area contributed by atoms with Gasteiger partial charge in [0.1, 0.15) is 0 Å². The molecule has 0 aliphatic carbocycles. The molecule has 6 heteroatoms. The van der Waals surface area contributed by atoms with E-state index >= 15 is 0 Å². The summed E-state index contributed by atoms with van der Waals surface area (Å²) in [5, 5.41) is 0. The summed E-state index contributed by atoms with van der Waals surface area (Å²) in [6.45, 7) is 5.31. The van der Waals surface area contributed by atoms with E-state index in [1.54, 1.807) is 0 Å². The molecule has 0 spiro atoms. The number of carbonyl (C=O) groups is 1. The fourth-order valence-corrected chi connectivity index (χ4v) is 3.80. The molecule has 0 radical (unpaired) electrons. The highest BCUT2D eigenvalue weighted by molar-refractivity contribution is 5.80. The smallest absolute Gasteiger partial charge is 0.228 e. The van der Waals surface area contributed by atoms with Crippen LogP contribution in [0.3, 0.4) is 0 Å². The number of hydrogen-bond acceptors (Lipinski definition) is 5. The van der Waals surface area contributed by atoms with Crippen molar-refractivity contribution in [1.82, 2.24) is 14.9 Å². The molecule has 2 bridgehead atoms. The lowest BCUT2D eigenvalue weighted by Crippen LogP contribution is -2.46. The molecule has 118 valence electrons. The lowest BCUT2D eigenvalue weighted by atomic mass is 9.99. The molecular weight excluding hydrogens is 280 g/mol. The van der Waals surface area contributed by atoms with Crippen LogP contribution in [0.1, 0.15) is 24.8 Å². The van der Waals surface area contributed by atoms with Crippen LogP contribution in [0, 0.1) is 12.8 Å². The monoisotopic (exact) mass is 302 g/mol. The van der Waals surface area contributed by atoms with Gasteiger partial charge in [-0.15, -0.1) is 0 Å². The van der Waals surface area contributed by atoms with E-state index in [1.165, 1.54) is 0 Å². The minimum absolute atomic E-state index is 0.0125. The van der Waals surface area contributed by atoms with Gasteiger partial charge in [-0.2, -0.15) is 0 Å². The van der Waals surface area contributed by atoms with E-state index < -0.39 is 0 Å². The molecule has 3 saturated heterocycles. The van der Waals surface area contributed by atoms with Crippen LogP contribution in [0.5, 0.6) is 0 Å². The van der Waals surface area contributed by atoms with Gasteiger partial charge in [-0.1, -0.05) is 0 Å². The third-order valence-corrected chi connectivity index (χ3v) is 4.94. The lowest BCUT2D eigenvalue weighted by molar-refractivity contribution is -0.136. The predicted octanol–water partition coefficient (Wildman–Crippen LogP) is 1.00. The number of anilines is 1. The number of aromatic nitrogens is 2. The van der Waals surface area contributed by atoms with Crippen LogP contribution in [0.4, 0.5) is 5.95 Å². The summed E-state index contributed by atoms with van der Waals surface area (Å²) in [6.07, 6.45) is 6.89. The van der Waals surface area contributed by atoms with Gasteiger partial charge < -0.3 is 14.5 Å². The summed E-state index contributed by atoms with van der Waals surface area (Å²) in [6, 6.07) is 0. The van der Waals surface area contributed by atoms with Crippen molar-refractivity contribution in [2.75, 3.05) is 31.1 Å². The Kier molecular flexibility index (Phi) is 3.48. The maximum Gasteiger partial charge on any atom is 0.228 e. The molecule has 0 N–H and O–H groups in total. The molecule has 0 aromatic carbocycles. The zero-order valence-electron chi connectivity index (χ0n) is 12.9. The van der Waals surface area contributed by atoms with Gasteiger partial charge in [0.25, 0.3) is 0 Å². The van der Waals surface area contributed by atoms with Crippen LogP contribution in [0.2, 0.25) is 0 Å². The Bertz CT molecular complexity index is 556. The fraction of sp³-hybridized carbons (Fsp3) is 0.688. The van der Waals surface area contributed by atoms with Gasteiger partial charge in [0.2, 0.25) is 11.9 Å². The first-order valence-electron chi connectivity index (χ1n) is 8.18. The van der Waals surface area contributed by atoms with E-state index in [0.29, 0.717) is 6.54 Å². The van der Waals surface area contributed by atoms with Crippen molar-refractivity contribution in [2.45, 2.75) is 38.4 Å². The van der Waals surface area contributed by atoms with E-state index in [9.17, 15) is 4.79 Å². The SMILES string of the molecule is Cc1cnc(N2C[C@H]3C[C@@H](C(=O)N4CCCC4)[C@@H](C2)O3)nc1. The Hall–Kier alpha value is -1.69. The number of aryl methyl sites for hydroxylation is 1. The quantitative estimate of drug-likeness (QED) is 0.816. The summed E-state index contributed by atoms with van der Waals surface area (Å²) in [5.74, 6) is 1.05. The first-order chi connectivity index (χ1) is 10.7. The van der Waals surface area contributed by atoms with Gasteiger partial charge in [0, 0.05) is 38.6 Å². The normalized spacial score (nSPS) is 30.9. The average Bonchev–Trinajstić information content (AvgIpc) is 3.15. The van der Waals surface area contributed by atoms with E-state index in [4.69, 9.17) is 4.74 Å². The molecule has 3 aliphatic rings. The van der Waals surface area contributed by atoms with Crippen molar-refractivity contribution >= 4 is 11.9 Å². The number of ether oxygens (including phenoxy) is 1. The zero-order valence-corrected chi connectivity index (χ0v) is 12.9. The number of likely N-dealkylation sites (tertiary alicyclic amines) is 1. The van der Waals surface area contributed by atoms with Gasteiger partial charge in [0.05, 0.1) is 18.1 Å². The van der Waals surface area contributed by atoms with E-state index in [-0.39, 0.29) is 24.0 Å². The standard InChI is InChI=1S/C16H22N4O2/c1-11-7-17-16(18-8-11)20-9-12-6-13(14(10-20)22-12)15(21)19-4-2-3-5-19/h7-8,12-14H,2-6,9-10H2,1H3/t12-,13-,14-/m1/s1. The van der Waals surface area contributed by atoms with E-state index in [2.05, 4.69) is 14.9 Å². The minimum Gasteiger partial charge on any atom is -0.370 e. The summed E-state index contributed by atoms with van der Waals surface area (Å²) in [7, 11) is 0. The van der Waals surface area contributed by atoms with Crippen molar-refractivity contribution in [3.8, 4) is 0 Å². The van der Waals surface area contributed by atoms with Crippen LogP contribution >= 0.6 is 0 Å². The third kappa shape index (κ3) is 2.45. The largest absolute Gasteiger partial charge is 0.370 e. The van der Waals surface area contributed by atoms with Crippen LogP contribution in [0.25, 0.3) is 0 Å². The van der Waals surface area contributed by atoms with Gasteiger partial charge >= 0.3 is 0 Å². The Morgan fingerprint density at radius 3 is 2.68 bits per heavy atom. The Morgan fingerprint density at radius 2 is 1.95 bits per heavy atom. The van der Waals surface area contributed by atoms with Gasteiger partial charge in [-0.3, -0.25) is 4.79 Å². The van der Waals surface area contributed by atoms with Crippen molar-refractivity contribution in [1.29, 1.82) is 0 Å². The number of morpholine rings is 1. The van der Waals surface area contributed by atoms with E-state index in [1.807, 2.05) is 24.2 Å². The first kappa shape index (κ1) is 13.9. The van der Waals surface area contributed by atoms with Gasteiger partial charge in [0.15, 0.2) is 0 Å². The Morgan fingerprint density at radius 1 is 1.23 bits per heavy atom. The summed E-state index contributed by atoms with van der Waals surface area (Å²) in [4.78, 5) is 25.7. The second kappa shape index (κ2) is 5.50. The second-order valence-electron chi connectivity index (χ2n) is 6.64. The molecule has 0 unspecified atom stereocenters. The molecule has 1 aromatic heterocycles. The summed E-state index contributed by atoms with van der Waals surface area (Å²) >= 11 is 0. The van der Waals surface area contributed by atoms with E-state index in [0.717, 1.165) is 50.4 Å². The average molecular weight is 302 g/mol. The number of fused-ring (bicyclic) bond motifs is 2. The number of rotatable bonds is 2. The van der Waals surface area contributed by atoms with Crippen LogP contribution in [-0.4, -0.2) is 59.2 Å². The molecule has 4 rings (SSSR count). The van der Waals surface area contributed by atoms with Crippen LogP contribution in [0.15, 0.2) is 12.4 Å². The van der Waals surface area contributed by atoms with Crippen molar-refractivity contribution in [3.05, 3.63) is 18.0 Å². The summed E-state index contributed by atoms with van der Waals surface area (Å²) in [5.41, 5.74) is 1.06. The topological polar surface area (TPSA) is 58.6 Å². The number of amides is 1. The molecule has 3 fully saturated rings. The Balaban J connectivity index is 1.47. The highest BCUT2D eigenvalue weighted by Crippen LogP contribution is 2.34. The zero-order chi connectivity index (χ0) is 15.1. The van der Waals surface area contributed by atoms with Crippen molar-refractivity contribution in [2.24, 2.45) is 5.92 Å². The summed E-state index contributed by atoms with van der Waals surface area (Å²) < 4.78 is 6.02. The minimum atomic E-state index is -0.0169. The van der Waals surface area contributed by atoms with Gasteiger partial charge in [-0.05, 0) is 31.7 Å². The van der Waals surface area contributed by atoms with Crippen LogP contribution in [-0.2, 0) is 9.53 Å². The van der Waals surface area contributed by atoms with Crippen LogP contribution < -0.4 is 4.90 Å². The second-order valence-corrected chi connectivity index (χ2v) is 6.64. The molecule has 3 aliphatic heterocycles. The highest BCUT2D eigenvalue weighted by atomic mass is 16.5. The fourth-order valence-electron chi connectivity index (χ4n) is 3.80. The maximum atomic E-state index is 12.7. The number of carbonyl (C=O) groups excluding carboxylic acids is 1. The maximum absolute atomic E-state index is 12.7. The Labute approximate surface area is 130 Å². The molecule has 6 nitrogen and oxygen atoms in total. The molecule has 22 heavy (non-hydrogen) atoms.